The van der Waals surface area contributed by atoms with Gasteiger partial charge in [0.1, 0.15) is 12.4 Å². The van der Waals surface area contributed by atoms with Gasteiger partial charge in [0.15, 0.2) is 11.5 Å². The second kappa shape index (κ2) is 10.5. The third-order valence-corrected chi connectivity index (χ3v) is 5.54. The molecular formula is C22H18Cl4FNO2. The minimum absolute atomic E-state index is 0.125. The number of nitrogens with one attached hydrogen (secondary N) is 1. The van der Waals surface area contributed by atoms with Crippen LogP contribution in [0.5, 0.6) is 11.5 Å². The van der Waals surface area contributed by atoms with Crippen molar-refractivity contribution < 1.29 is 13.9 Å². The summed E-state index contributed by atoms with van der Waals surface area (Å²) in [6, 6.07) is 13.1. The van der Waals surface area contributed by atoms with Crippen molar-refractivity contribution in [3.05, 3.63) is 85.6 Å². The lowest BCUT2D eigenvalue weighted by molar-refractivity contribution is 0.269. The summed E-state index contributed by atoms with van der Waals surface area (Å²) in [5, 5.41) is 4.90. The second-order valence-corrected chi connectivity index (χ2v) is 7.97. The molecule has 30 heavy (non-hydrogen) atoms. The van der Waals surface area contributed by atoms with E-state index in [1.807, 2.05) is 19.1 Å². The van der Waals surface area contributed by atoms with Gasteiger partial charge < -0.3 is 14.8 Å². The van der Waals surface area contributed by atoms with Gasteiger partial charge in [-0.1, -0.05) is 52.5 Å². The van der Waals surface area contributed by atoms with Crippen LogP contribution in [-0.4, -0.2) is 6.61 Å². The number of rotatable bonds is 8. The third kappa shape index (κ3) is 5.86. The van der Waals surface area contributed by atoms with Crippen molar-refractivity contribution in [3.63, 3.8) is 0 Å². The van der Waals surface area contributed by atoms with Gasteiger partial charge in [0.25, 0.3) is 0 Å². The minimum Gasteiger partial charge on any atom is -0.490 e. The molecule has 0 aromatic heterocycles. The van der Waals surface area contributed by atoms with Crippen LogP contribution in [0.4, 0.5) is 10.1 Å². The lowest BCUT2D eigenvalue weighted by Crippen LogP contribution is -2.04. The summed E-state index contributed by atoms with van der Waals surface area (Å²) in [6.07, 6.45) is 0. The molecule has 0 fully saturated rings. The van der Waals surface area contributed by atoms with E-state index in [9.17, 15) is 4.39 Å². The molecule has 0 unspecified atom stereocenters. The highest BCUT2D eigenvalue weighted by atomic mass is 35.5. The molecule has 0 saturated heterocycles. The SMILES string of the molecule is CCOc1cc(CNc2ccc(Cl)c(Cl)c2)cc(Cl)c1OCc1ccc(F)cc1Cl. The molecule has 0 aliphatic carbocycles. The predicted molar refractivity (Wildman–Crippen MR) is 122 cm³/mol. The summed E-state index contributed by atoms with van der Waals surface area (Å²) < 4.78 is 24.8. The standard InChI is InChI=1S/C22H18Cl4FNO2/c1-2-29-21-8-13(11-28-16-5-6-17(23)19(25)10-16)7-20(26)22(21)30-12-14-3-4-15(27)9-18(14)24/h3-10,28H,2,11-12H2,1H3. The molecule has 3 rings (SSSR count). The van der Waals surface area contributed by atoms with E-state index in [1.54, 1.807) is 24.3 Å². The lowest BCUT2D eigenvalue weighted by Gasteiger charge is -2.16. The molecule has 3 aromatic carbocycles. The molecule has 1 N–H and O–H groups in total. The Balaban J connectivity index is 1.76. The van der Waals surface area contributed by atoms with Crippen molar-refractivity contribution >= 4 is 52.1 Å². The first-order valence-corrected chi connectivity index (χ1v) is 10.6. The number of ether oxygens (including phenoxy) is 2. The van der Waals surface area contributed by atoms with E-state index >= 15 is 0 Å². The molecule has 0 aliphatic rings. The highest BCUT2D eigenvalue weighted by molar-refractivity contribution is 6.42. The molecule has 0 saturated carbocycles. The Morgan fingerprint density at radius 1 is 0.833 bits per heavy atom. The normalized spacial score (nSPS) is 10.7. The van der Waals surface area contributed by atoms with Crippen molar-refractivity contribution in [3.8, 4) is 11.5 Å². The Morgan fingerprint density at radius 2 is 1.63 bits per heavy atom. The number of hydrogen-bond acceptors (Lipinski definition) is 3. The van der Waals surface area contributed by atoms with Crippen LogP contribution in [0.2, 0.25) is 20.1 Å². The molecule has 0 aliphatic heterocycles. The molecule has 158 valence electrons. The number of anilines is 1. The first kappa shape index (κ1) is 22.8. The molecule has 0 spiro atoms. The molecule has 0 radical (unpaired) electrons. The highest BCUT2D eigenvalue weighted by Crippen LogP contribution is 2.38. The molecule has 0 amide bonds. The maximum absolute atomic E-state index is 13.2. The Labute approximate surface area is 194 Å². The molecule has 0 heterocycles. The molecule has 3 aromatic rings. The Kier molecular flexibility index (Phi) is 7.95. The Morgan fingerprint density at radius 3 is 2.33 bits per heavy atom. The van der Waals surface area contributed by atoms with E-state index in [0.717, 1.165) is 11.3 Å². The molecule has 3 nitrogen and oxygen atoms in total. The third-order valence-electron chi connectivity index (χ3n) is 4.17. The van der Waals surface area contributed by atoms with E-state index in [0.29, 0.717) is 45.3 Å². The summed E-state index contributed by atoms with van der Waals surface area (Å²) in [7, 11) is 0. The molecule has 8 heteroatoms. The van der Waals surface area contributed by atoms with Gasteiger partial charge in [0, 0.05) is 17.8 Å². The lowest BCUT2D eigenvalue weighted by atomic mass is 10.2. The van der Waals surface area contributed by atoms with Crippen LogP contribution in [0.1, 0.15) is 18.1 Å². The van der Waals surface area contributed by atoms with E-state index in [4.69, 9.17) is 55.9 Å². The van der Waals surface area contributed by atoms with E-state index in [2.05, 4.69) is 5.32 Å². The van der Waals surface area contributed by atoms with Crippen molar-refractivity contribution in [1.82, 2.24) is 0 Å². The maximum Gasteiger partial charge on any atom is 0.180 e. The summed E-state index contributed by atoms with van der Waals surface area (Å²) in [6.45, 7) is 2.92. The fraction of sp³-hybridized carbons (Fsp3) is 0.182. The quantitative estimate of drug-likeness (QED) is 0.348. The smallest absolute Gasteiger partial charge is 0.180 e. The predicted octanol–water partition coefficient (Wildman–Crippen LogP) is 8.03. The van der Waals surface area contributed by atoms with Crippen molar-refractivity contribution in [1.29, 1.82) is 0 Å². The first-order chi connectivity index (χ1) is 14.4. The zero-order valence-electron chi connectivity index (χ0n) is 15.9. The number of benzene rings is 3. The minimum atomic E-state index is -0.407. The summed E-state index contributed by atoms with van der Waals surface area (Å²) in [4.78, 5) is 0. The Hall–Kier alpha value is -1.85. The van der Waals surface area contributed by atoms with Crippen molar-refractivity contribution in [2.75, 3.05) is 11.9 Å². The Bertz CT molecular complexity index is 1050. The van der Waals surface area contributed by atoms with Crippen LogP contribution in [0.25, 0.3) is 0 Å². The largest absolute Gasteiger partial charge is 0.490 e. The van der Waals surface area contributed by atoms with E-state index in [1.165, 1.54) is 12.1 Å². The van der Waals surface area contributed by atoms with Crippen LogP contribution in [0.3, 0.4) is 0 Å². The topological polar surface area (TPSA) is 30.5 Å². The average molecular weight is 489 g/mol. The maximum atomic E-state index is 13.2. The van der Waals surface area contributed by atoms with Gasteiger partial charge in [-0.05, 0) is 55.0 Å². The van der Waals surface area contributed by atoms with Gasteiger partial charge in [-0.2, -0.15) is 0 Å². The first-order valence-electron chi connectivity index (χ1n) is 9.08. The van der Waals surface area contributed by atoms with Gasteiger partial charge in [-0.15, -0.1) is 0 Å². The number of halogens is 5. The zero-order valence-corrected chi connectivity index (χ0v) is 19.0. The molecular weight excluding hydrogens is 471 g/mol. The monoisotopic (exact) mass is 487 g/mol. The van der Waals surface area contributed by atoms with E-state index < -0.39 is 5.82 Å². The fourth-order valence-corrected chi connectivity index (χ4v) is 3.53. The second-order valence-electron chi connectivity index (χ2n) is 6.34. The van der Waals surface area contributed by atoms with E-state index in [-0.39, 0.29) is 11.6 Å². The molecule has 0 bridgehead atoms. The fourth-order valence-electron chi connectivity index (χ4n) is 2.73. The summed E-state index contributed by atoms with van der Waals surface area (Å²) >= 11 is 24.5. The van der Waals surface area contributed by atoms with Crippen molar-refractivity contribution in [2.45, 2.75) is 20.1 Å². The van der Waals surface area contributed by atoms with Gasteiger partial charge >= 0.3 is 0 Å². The zero-order chi connectivity index (χ0) is 21.7. The van der Waals surface area contributed by atoms with Crippen LogP contribution >= 0.6 is 46.4 Å². The summed E-state index contributed by atoms with van der Waals surface area (Å²) in [5.41, 5.74) is 2.35. The summed E-state index contributed by atoms with van der Waals surface area (Å²) in [5.74, 6) is 0.502. The number of hydrogen-bond donors (Lipinski definition) is 1. The van der Waals surface area contributed by atoms with Gasteiger partial charge in [-0.3, -0.25) is 0 Å². The van der Waals surface area contributed by atoms with Gasteiger partial charge in [0.2, 0.25) is 0 Å². The van der Waals surface area contributed by atoms with Crippen LogP contribution in [0, 0.1) is 5.82 Å². The van der Waals surface area contributed by atoms with Crippen LogP contribution < -0.4 is 14.8 Å². The van der Waals surface area contributed by atoms with Gasteiger partial charge in [0.05, 0.1) is 26.7 Å². The van der Waals surface area contributed by atoms with Gasteiger partial charge in [-0.25, -0.2) is 4.39 Å². The van der Waals surface area contributed by atoms with Crippen LogP contribution in [0.15, 0.2) is 48.5 Å². The average Bonchev–Trinajstić information content (AvgIpc) is 2.70. The van der Waals surface area contributed by atoms with Crippen LogP contribution in [-0.2, 0) is 13.2 Å². The molecule has 0 atom stereocenters. The highest BCUT2D eigenvalue weighted by Gasteiger charge is 2.14. The van der Waals surface area contributed by atoms with Crippen molar-refractivity contribution in [2.24, 2.45) is 0 Å².